The number of alkyl halides is 3. The van der Waals surface area contributed by atoms with Gasteiger partial charge >= 0.3 is 6.18 Å². The Bertz CT molecular complexity index is 431. The van der Waals surface area contributed by atoms with Crippen LogP contribution in [0.4, 0.5) is 18.9 Å². The van der Waals surface area contributed by atoms with E-state index in [1.165, 1.54) is 7.05 Å². The fraction of sp³-hybridized carbons (Fsp3) is 0.462. The second kappa shape index (κ2) is 7.25. The molecule has 1 rings (SSSR count). The number of nitrogens with zero attached hydrogens (tertiary/aromatic N) is 1. The molecule has 0 aliphatic carbocycles. The van der Waals surface area contributed by atoms with Gasteiger partial charge in [0.15, 0.2) is 0 Å². The van der Waals surface area contributed by atoms with Crippen LogP contribution in [0.5, 0.6) is 0 Å². The monoisotopic (exact) mass is 289 g/mol. The van der Waals surface area contributed by atoms with Gasteiger partial charge < -0.3 is 11.1 Å². The number of benzene rings is 1. The SMILES string of the molecule is CN(CCC(=O)Nc1ccc(CN)cc1)CC(F)(F)F. The zero-order valence-corrected chi connectivity index (χ0v) is 11.2. The topological polar surface area (TPSA) is 58.4 Å². The molecule has 1 amide bonds. The Morgan fingerprint density at radius 1 is 1.30 bits per heavy atom. The lowest BCUT2D eigenvalue weighted by Crippen LogP contribution is -2.33. The molecule has 1 aromatic rings. The van der Waals surface area contributed by atoms with E-state index < -0.39 is 12.7 Å². The van der Waals surface area contributed by atoms with Crippen molar-refractivity contribution < 1.29 is 18.0 Å². The van der Waals surface area contributed by atoms with Crippen LogP contribution >= 0.6 is 0 Å². The first kappa shape index (κ1) is 16.5. The molecule has 0 aromatic heterocycles. The Hall–Kier alpha value is -1.60. The zero-order chi connectivity index (χ0) is 15.2. The summed E-state index contributed by atoms with van der Waals surface area (Å²) >= 11 is 0. The van der Waals surface area contributed by atoms with Crippen LogP contribution in [0.15, 0.2) is 24.3 Å². The van der Waals surface area contributed by atoms with Crippen molar-refractivity contribution in [3.8, 4) is 0 Å². The van der Waals surface area contributed by atoms with Gasteiger partial charge in [-0.1, -0.05) is 12.1 Å². The van der Waals surface area contributed by atoms with E-state index in [0.29, 0.717) is 12.2 Å². The van der Waals surface area contributed by atoms with Gasteiger partial charge in [-0.05, 0) is 24.7 Å². The molecule has 0 fully saturated rings. The molecule has 1 aromatic carbocycles. The minimum Gasteiger partial charge on any atom is -0.326 e. The van der Waals surface area contributed by atoms with Crippen LogP contribution < -0.4 is 11.1 Å². The van der Waals surface area contributed by atoms with Gasteiger partial charge in [0.25, 0.3) is 0 Å². The molecular formula is C13H18F3N3O. The second-order valence-corrected chi connectivity index (χ2v) is 4.55. The molecule has 4 nitrogen and oxygen atoms in total. The van der Waals surface area contributed by atoms with Crippen LogP contribution in [0.2, 0.25) is 0 Å². The summed E-state index contributed by atoms with van der Waals surface area (Å²) in [5, 5.41) is 2.62. The molecule has 0 bridgehead atoms. The van der Waals surface area contributed by atoms with E-state index in [2.05, 4.69) is 5.32 Å². The molecule has 0 unspecified atom stereocenters. The van der Waals surface area contributed by atoms with Crippen molar-refractivity contribution in [2.45, 2.75) is 19.1 Å². The average molecular weight is 289 g/mol. The quantitative estimate of drug-likeness (QED) is 0.841. The van der Waals surface area contributed by atoms with Gasteiger partial charge in [0.1, 0.15) is 0 Å². The van der Waals surface area contributed by atoms with Gasteiger partial charge in [0.2, 0.25) is 5.91 Å². The van der Waals surface area contributed by atoms with E-state index in [1.807, 2.05) is 0 Å². The van der Waals surface area contributed by atoms with Gasteiger partial charge in [0, 0.05) is 25.2 Å². The molecule has 0 spiro atoms. The minimum absolute atomic E-state index is 0.00518. The summed E-state index contributed by atoms with van der Waals surface area (Å²) in [4.78, 5) is 12.7. The van der Waals surface area contributed by atoms with Gasteiger partial charge in [-0.25, -0.2) is 0 Å². The summed E-state index contributed by atoms with van der Waals surface area (Å²) in [6.45, 7) is -0.561. The summed E-state index contributed by atoms with van der Waals surface area (Å²) in [7, 11) is 1.33. The highest BCUT2D eigenvalue weighted by Crippen LogP contribution is 2.15. The first-order valence-corrected chi connectivity index (χ1v) is 6.14. The Kier molecular flexibility index (Phi) is 5.97. The predicted molar refractivity (Wildman–Crippen MR) is 71.1 cm³/mol. The van der Waals surface area contributed by atoms with Gasteiger partial charge in [-0.15, -0.1) is 0 Å². The van der Waals surface area contributed by atoms with Crippen LogP contribution in [0.3, 0.4) is 0 Å². The highest BCUT2D eigenvalue weighted by molar-refractivity contribution is 5.90. The van der Waals surface area contributed by atoms with Crippen molar-refractivity contribution in [3.05, 3.63) is 29.8 Å². The first-order chi connectivity index (χ1) is 9.30. The maximum atomic E-state index is 12.1. The number of rotatable bonds is 6. The molecule has 0 radical (unpaired) electrons. The molecule has 3 N–H and O–H groups in total. The summed E-state index contributed by atoms with van der Waals surface area (Å²) in [5.74, 6) is -0.320. The number of amides is 1. The number of carbonyl (C=O) groups is 1. The second-order valence-electron chi connectivity index (χ2n) is 4.55. The summed E-state index contributed by atoms with van der Waals surface area (Å²) in [6, 6.07) is 6.98. The Labute approximate surface area is 115 Å². The van der Waals surface area contributed by atoms with Crippen LogP contribution in [0.25, 0.3) is 0 Å². The summed E-state index contributed by atoms with van der Waals surface area (Å²) in [6.07, 6.45) is -4.24. The van der Waals surface area contributed by atoms with Crippen molar-refractivity contribution >= 4 is 11.6 Å². The fourth-order valence-electron chi connectivity index (χ4n) is 1.63. The van der Waals surface area contributed by atoms with E-state index >= 15 is 0 Å². The van der Waals surface area contributed by atoms with E-state index in [-0.39, 0.29) is 18.9 Å². The number of nitrogens with two attached hydrogens (primary N) is 1. The van der Waals surface area contributed by atoms with Crippen LogP contribution in [0, 0.1) is 0 Å². The Morgan fingerprint density at radius 3 is 2.40 bits per heavy atom. The number of nitrogens with one attached hydrogen (secondary N) is 1. The zero-order valence-electron chi connectivity index (χ0n) is 11.2. The molecule has 0 heterocycles. The Morgan fingerprint density at radius 2 is 1.90 bits per heavy atom. The van der Waals surface area contributed by atoms with Gasteiger partial charge in [0.05, 0.1) is 6.54 Å². The van der Waals surface area contributed by atoms with Crippen molar-refractivity contribution in [2.75, 3.05) is 25.5 Å². The fourth-order valence-corrected chi connectivity index (χ4v) is 1.63. The molecule has 7 heteroatoms. The van der Waals surface area contributed by atoms with Gasteiger partial charge in [-0.3, -0.25) is 9.69 Å². The number of carbonyl (C=O) groups excluding carboxylic acids is 1. The average Bonchev–Trinajstić information content (AvgIpc) is 2.35. The predicted octanol–water partition coefficient (Wildman–Crippen LogP) is 1.97. The third-order valence-corrected chi connectivity index (χ3v) is 2.64. The third kappa shape index (κ3) is 6.53. The smallest absolute Gasteiger partial charge is 0.326 e. The minimum atomic E-state index is -4.25. The van der Waals surface area contributed by atoms with Crippen molar-refractivity contribution in [1.82, 2.24) is 4.90 Å². The molecule has 0 aliphatic rings. The van der Waals surface area contributed by atoms with Crippen LogP contribution in [-0.4, -0.2) is 37.1 Å². The number of hydrogen-bond acceptors (Lipinski definition) is 3. The third-order valence-electron chi connectivity index (χ3n) is 2.64. The highest BCUT2D eigenvalue weighted by atomic mass is 19.4. The van der Waals surface area contributed by atoms with Crippen molar-refractivity contribution in [2.24, 2.45) is 5.73 Å². The molecule has 20 heavy (non-hydrogen) atoms. The molecule has 112 valence electrons. The molecule has 0 saturated carbocycles. The molecule has 0 aliphatic heterocycles. The number of anilines is 1. The Balaban J connectivity index is 2.36. The van der Waals surface area contributed by atoms with E-state index in [4.69, 9.17) is 5.73 Å². The molecule has 0 saturated heterocycles. The number of halogens is 3. The lowest BCUT2D eigenvalue weighted by Gasteiger charge is -2.18. The van der Waals surface area contributed by atoms with Crippen LogP contribution in [-0.2, 0) is 11.3 Å². The highest BCUT2D eigenvalue weighted by Gasteiger charge is 2.29. The lowest BCUT2D eigenvalue weighted by atomic mass is 10.2. The van der Waals surface area contributed by atoms with E-state index in [1.54, 1.807) is 24.3 Å². The largest absolute Gasteiger partial charge is 0.401 e. The number of hydrogen-bond donors (Lipinski definition) is 2. The standard InChI is InChI=1S/C13H18F3N3O/c1-19(9-13(14,15)16)7-6-12(20)18-11-4-2-10(8-17)3-5-11/h2-5H,6-9,17H2,1H3,(H,18,20). The first-order valence-electron chi connectivity index (χ1n) is 6.14. The summed E-state index contributed by atoms with van der Waals surface area (Å²) < 4.78 is 36.3. The lowest BCUT2D eigenvalue weighted by molar-refractivity contribution is -0.144. The van der Waals surface area contributed by atoms with Crippen molar-refractivity contribution in [1.29, 1.82) is 0 Å². The normalized spacial score (nSPS) is 11.7. The maximum Gasteiger partial charge on any atom is 0.401 e. The maximum absolute atomic E-state index is 12.1. The molecular weight excluding hydrogens is 271 g/mol. The molecule has 0 atom stereocenters. The van der Waals surface area contributed by atoms with Gasteiger partial charge in [-0.2, -0.15) is 13.2 Å². The van der Waals surface area contributed by atoms with Crippen LogP contribution in [0.1, 0.15) is 12.0 Å². The van der Waals surface area contributed by atoms with E-state index in [0.717, 1.165) is 10.5 Å². The summed E-state index contributed by atoms with van der Waals surface area (Å²) in [5.41, 5.74) is 6.99. The van der Waals surface area contributed by atoms with E-state index in [9.17, 15) is 18.0 Å². The van der Waals surface area contributed by atoms with Crippen molar-refractivity contribution in [3.63, 3.8) is 0 Å².